The number of nitrogens with one attached hydrogen (secondary N) is 1. The Morgan fingerprint density at radius 3 is 2.86 bits per heavy atom. The van der Waals surface area contributed by atoms with Crippen molar-refractivity contribution in [1.29, 1.82) is 0 Å². The lowest BCUT2D eigenvalue weighted by atomic mass is 10.1. The molecular formula is C12H13F3N4OS. The summed E-state index contributed by atoms with van der Waals surface area (Å²) in [6.45, 7) is -1.09. The van der Waals surface area contributed by atoms with Crippen molar-refractivity contribution in [3.63, 3.8) is 0 Å². The van der Waals surface area contributed by atoms with Gasteiger partial charge < -0.3 is 15.8 Å². The van der Waals surface area contributed by atoms with Gasteiger partial charge in [0.25, 0.3) is 0 Å². The summed E-state index contributed by atoms with van der Waals surface area (Å²) in [5, 5.41) is 3.65. The summed E-state index contributed by atoms with van der Waals surface area (Å²) in [7, 11) is 0. The van der Waals surface area contributed by atoms with Crippen LogP contribution in [0.5, 0.6) is 0 Å². The first-order valence-electron chi connectivity index (χ1n) is 6.01. The molecule has 2 aromatic heterocycles. The van der Waals surface area contributed by atoms with Crippen LogP contribution in [0.1, 0.15) is 0 Å². The van der Waals surface area contributed by atoms with Gasteiger partial charge in [-0.1, -0.05) is 6.07 Å². The third kappa shape index (κ3) is 4.57. The molecule has 0 aromatic carbocycles. The van der Waals surface area contributed by atoms with Crippen molar-refractivity contribution in [3.05, 3.63) is 24.5 Å². The SMILES string of the molecule is Nc1nsc(NCCOCC(F)(F)F)c1-c1cccnc1. The Morgan fingerprint density at radius 1 is 1.38 bits per heavy atom. The van der Waals surface area contributed by atoms with Crippen molar-refractivity contribution in [1.82, 2.24) is 9.36 Å². The lowest BCUT2D eigenvalue weighted by Crippen LogP contribution is -2.20. The molecule has 0 amide bonds. The van der Waals surface area contributed by atoms with Crippen molar-refractivity contribution < 1.29 is 17.9 Å². The Labute approximate surface area is 123 Å². The van der Waals surface area contributed by atoms with Gasteiger partial charge in [-0.05, 0) is 17.6 Å². The van der Waals surface area contributed by atoms with Gasteiger partial charge in [-0.2, -0.15) is 17.5 Å². The Bertz CT molecular complexity index is 574. The quantitative estimate of drug-likeness (QED) is 0.801. The number of pyridine rings is 1. The molecule has 0 radical (unpaired) electrons. The molecule has 0 aliphatic carbocycles. The molecule has 0 aliphatic heterocycles. The summed E-state index contributed by atoms with van der Waals surface area (Å²) in [4.78, 5) is 4.00. The predicted molar refractivity (Wildman–Crippen MR) is 75.1 cm³/mol. The van der Waals surface area contributed by atoms with Gasteiger partial charge in [0.15, 0.2) is 0 Å². The van der Waals surface area contributed by atoms with Crippen molar-refractivity contribution >= 4 is 22.4 Å². The van der Waals surface area contributed by atoms with Crippen LogP contribution in [-0.4, -0.2) is 35.3 Å². The van der Waals surface area contributed by atoms with E-state index in [0.717, 1.165) is 17.1 Å². The fourth-order valence-corrected chi connectivity index (χ4v) is 2.40. The minimum atomic E-state index is -4.31. The highest BCUT2D eigenvalue weighted by atomic mass is 32.1. The topological polar surface area (TPSA) is 73.1 Å². The van der Waals surface area contributed by atoms with Crippen LogP contribution in [0, 0.1) is 0 Å². The molecule has 0 fully saturated rings. The molecule has 0 spiro atoms. The monoisotopic (exact) mass is 318 g/mol. The molecule has 2 aromatic rings. The summed E-state index contributed by atoms with van der Waals surface area (Å²) >= 11 is 1.14. The largest absolute Gasteiger partial charge is 0.411 e. The van der Waals surface area contributed by atoms with Crippen LogP contribution in [0.15, 0.2) is 24.5 Å². The molecule has 21 heavy (non-hydrogen) atoms. The van der Waals surface area contributed by atoms with Crippen molar-refractivity contribution in [3.8, 4) is 11.1 Å². The van der Waals surface area contributed by atoms with E-state index in [1.54, 1.807) is 18.5 Å². The number of anilines is 2. The van der Waals surface area contributed by atoms with Crippen molar-refractivity contribution in [2.45, 2.75) is 6.18 Å². The zero-order valence-corrected chi connectivity index (χ0v) is 11.7. The molecule has 0 saturated carbocycles. The van der Waals surface area contributed by atoms with E-state index in [9.17, 15) is 13.2 Å². The van der Waals surface area contributed by atoms with Crippen LogP contribution in [0.2, 0.25) is 0 Å². The summed E-state index contributed by atoms with van der Waals surface area (Å²) in [6.07, 6.45) is -1.03. The molecule has 3 N–H and O–H groups in total. The average molecular weight is 318 g/mol. The van der Waals surface area contributed by atoms with Crippen molar-refractivity contribution in [2.24, 2.45) is 0 Å². The number of halogens is 3. The maximum absolute atomic E-state index is 11.9. The second-order valence-corrected chi connectivity index (χ2v) is 4.88. The van der Waals surface area contributed by atoms with Crippen LogP contribution in [-0.2, 0) is 4.74 Å². The van der Waals surface area contributed by atoms with E-state index in [4.69, 9.17) is 5.73 Å². The summed E-state index contributed by atoms with van der Waals surface area (Å²) in [5.41, 5.74) is 7.30. The maximum Gasteiger partial charge on any atom is 0.411 e. The van der Waals surface area contributed by atoms with Gasteiger partial charge in [0, 0.05) is 24.5 Å². The van der Waals surface area contributed by atoms with E-state index in [0.29, 0.717) is 16.4 Å². The molecule has 0 atom stereocenters. The Balaban J connectivity index is 1.93. The zero-order valence-electron chi connectivity index (χ0n) is 10.9. The second kappa shape index (κ2) is 6.72. The van der Waals surface area contributed by atoms with Crippen LogP contribution in [0.25, 0.3) is 11.1 Å². The van der Waals surface area contributed by atoms with E-state index in [-0.39, 0.29) is 13.2 Å². The van der Waals surface area contributed by atoms with Crippen LogP contribution in [0.4, 0.5) is 24.0 Å². The fraction of sp³-hybridized carbons (Fsp3) is 0.333. The van der Waals surface area contributed by atoms with Crippen LogP contribution in [0.3, 0.4) is 0 Å². The first-order chi connectivity index (χ1) is 9.97. The van der Waals surface area contributed by atoms with E-state index in [1.165, 1.54) is 0 Å². The molecule has 5 nitrogen and oxygen atoms in total. The van der Waals surface area contributed by atoms with Gasteiger partial charge in [0.2, 0.25) is 0 Å². The zero-order chi connectivity index (χ0) is 15.3. The minimum absolute atomic E-state index is 0.0657. The summed E-state index contributed by atoms with van der Waals surface area (Å²) in [5.74, 6) is 0.353. The molecule has 0 bridgehead atoms. The van der Waals surface area contributed by atoms with Gasteiger partial charge in [0.05, 0.1) is 12.2 Å². The lowest BCUT2D eigenvalue weighted by molar-refractivity contribution is -0.172. The second-order valence-electron chi connectivity index (χ2n) is 4.11. The van der Waals surface area contributed by atoms with E-state index >= 15 is 0 Å². The smallest absolute Gasteiger partial charge is 0.382 e. The Hall–Kier alpha value is -1.87. The van der Waals surface area contributed by atoms with Gasteiger partial charge >= 0.3 is 6.18 Å². The third-order valence-electron chi connectivity index (χ3n) is 2.47. The Morgan fingerprint density at radius 2 is 2.19 bits per heavy atom. The summed E-state index contributed by atoms with van der Waals surface area (Å²) < 4.78 is 44.3. The molecule has 2 rings (SSSR count). The highest BCUT2D eigenvalue weighted by Crippen LogP contribution is 2.36. The standard InChI is InChI=1S/C12H13F3N4OS/c13-12(14,15)7-20-5-4-18-11-9(10(16)19-21-11)8-2-1-3-17-6-8/h1-3,6,18H,4-5,7H2,(H2,16,19). The van der Waals surface area contributed by atoms with Crippen molar-refractivity contribution in [2.75, 3.05) is 30.8 Å². The minimum Gasteiger partial charge on any atom is -0.382 e. The van der Waals surface area contributed by atoms with Crippen LogP contribution >= 0.6 is 11.5 Å². The molecule has 9 heteroatoms. The highest BCUT2D eigenvalue weighted by molar-refractivity contribution is 7.11. The van der Waals surface area contributed by atoms with Gasteiger partial charge in [-0.25, -0.2) is 0 Å². The normalized spacial score (nSPS) is 11.6. The summed E-state index contributed by atoms with van der Waals surface area (Å²) in [6, 6.07) is 3.60. The number of alkyl halides is 3. The van der Waals surface area contributed by atoms with Gasteiger partial charge in [0.1, 0.15) is 17.4 Å². The number of nitrogen functional groups attached to an aromatic ring is 1. The number of aromatic nitrogens is 2. The first kappa shape index (κ1) is 15.5. The number of hydrogen-bond donors (Lipinski definition) is 2. The molecular weight excluding hydrogens is 305 g/mol. The van der Waals surface area contributed by atoms with Crippen LogP contribution < -0.4 is 11.1 Å². The number of nitrogens with two attached hydrogens (primary N) is 1. The van der Waals surface area contributed by atoms with E-state index in [1.807, 2.05) is 6.07 Å². The number of hydrogen-bond acceptors (Lipinski definition) is 6. The van der Waals surface area contributed by atoms with E-state index < -0.39 is 12.8 Å². The fourth-order valence-electron chi connectivity index (χ4n) is 1.64. The van der Waals surface area contributed by atoms with Gasteiger partial charge in [-0.3, -0.25) is 4.98 Å². The number of rotatable bonds is 6. The molecule has 2 heterocycles. The molecule has 0 saturated heterocycles. The lowest BCUT2D eigenvalue weighted by Gasteiger charge is -2.09. The molecule has 0 unspecified atom stereocenters. The maximum atomic E-state index is 11.9. The van der Waals surface area contributed by atoms with E-state index in [2.05, 4.69) is 19.4 Å². The van der Waals surface area contributed by atoms with Gasteiger partial charge in [-0.15, -0.1) is 0 Å². The first-order valence-corrected chi connectivity index (χ1v) is 6.78. The molecule has 114 valence electrons. The molecule has 0 aliphatic rings. The predicted octanol–water partition coefficient (Wildman–Crippen LogP) is 2.78. The Kier molecular flexibility index (Phi) is 4.97. The number of nitrogens with zero attached hydrogens (tertiary/aromatic N) is 2. The average Bonchev–Trinajstić information content (AvgIpc) is 2.79. The number of ether oxygens (including phenoxy) is 1. The highest BCUT2D eigenvalue weighted by Gasteiger charge is 2.27. The third-order valence-corrected chi connectivity index (χ3v) is 3.29.